The van der Waals surface area contributed by atoms with Crippen molar-refractivity contribution in [1.82, 2.24) is 10.2 Å². The Morgan fingerprint density at radius 1 is 1.04 bits per heavy atom. The van der Waals surface area contributed by atoms with E-state index in [4.69, 9.17) is 4.74 Å². The topological polar surface area (TPSA) is 58.6 Å². The van der Waals surface area contributed by atoms with Crippen molar-refractivity contribution in [1.29, 1.82) is 0 Å². The molecule has 128 valence electrons. The monoisotopic (exact) mass is 336 g/mol. The summed E-state index contributed by atoms with van der Waals surface area (Å²) < 4.78 is 5.64. The van der Waals surface area contributed by atoms with Crippen LogP contribution in [-0.4, -0.2) is 43.0 Å². The summed E-state index contributed by atoms with van der Waals surface area (Å²) in [6.45, 7) is 2.24. The quantitative estimate of drug-likeness (QED) is 0.915. The minimum atomic E-state index is -0.0317. The van der Waals surface area contributed by atoms with Gasteiger partial charge in [-0.3, -0.25) is 9.59 Å². The number of carbonyl (C=O) groups is 2. The number of ether oxygens (including phenoxy) is 1. The number of nitrogens with one attached hydrogen (secondary N) is 1. The zero-order valence-corrected chi connectivity index (χ0v) is 14.0. The van der Waals surface area contributed by atoms with Gasteiger partial charge in [-0.05, 0) is 34.9 Å². The van der Waals surface area contributed by atoms with Crippen molar-refractivity contribution in [3.05, 3.63) is 53.6 Å². The molecule has 5 heteroatoms. The molecule has 2 aromatic rings. The predicted molar refractivity (Wildman–Crippen MR) is 94.6 cm³/mol. The van der Waals surface area contributed by atoms with Crippen molar-refractivity contribution in [3.8, 4) is 16.9 Å². The Labute approximate surface area is 146 Å². The van der Waals surface area contributed by atoms with Crippen LogP contribution < -0.4 is 10.1 Å². The fourth-order valence-corrected chi connectivity index (χ4v) is 3.33. The van der Waals surface area contributed by atoms with Crippen molar-refractivity contribution >= 4 is 11.8 Å². The van der Waals surface area contributed by atoms with Crippen LogP contribution in [0.5, 0.6) is 5.75 Å². The molecular weight excluding hydrogens is 316 g/mol. The third-order valence-corrected chi connectivity index (χ3v) is 4.74. The average molecular weight is 336 g/mol. The standard InChI is InChI=1S/C20H20N2O3/c23-19-6-9-22(10-8-21-19)20(24)17-3-1-2-15(12-17)16-5-4-14-7-11-25-18(14)13-16/h1-5,12-13H,6-11H2,(H,21,23). The van der Waals surface area contributed by atoms with Crippen LogP contribution in [0.3, 0.4) is 0 Å². The number of hydrogen-bond acceptors (Lipinski definition) is 3. The second kappa shape index (κ2) is 6.59. The molecule has 0 radical (unpaired) electrons. The van der Waals surface area contributed by atoms with Gasteiger partial charge in [-0.15, -0.1) is 0 Å². The highest BCUT2D eigenvalue weighted by Gasteiger charge is 2.20. The minimum absolute atomic E-state index is 0.00203. The van der Waals surface area contributed by atoms with Gasteiger partial charge in [-0.2, -0.15) is 0 Å². The highest BCUT2D eigenvalue weighted by atomic mass is 16.5. The first-order valence-corrected chi connectivity index (χ1v) is 8.63. The van der Waals surface area contributed by atoms with Gasteiger partial charge in [0.2, 0.25) is 5.91 Å². The van der Waals surface area contributed by atoms with Crippen LogP contribution in [0.25, 0.3) is 11.1 Å². The van der Waals surface area contributed by atoms with Crippen LogP contribution in [0, 0.1) is 0 Å². The zero-order valence-electron chi connectivity index (χ0n) is 14.0. The molecule has 0 bridgehead atoms. The molecule has 2 aliphatic rings. The van der Waals surface area contributed by atoms with E-state index in [2.05, 4.69) is 17.4 Å². The number of hydrogen-bond donors (Lipinski definition) is 1. The van der Waals surface area contributed by atoms with Gasteiger partial charge in [0.25, 0.3) is 5.91 Å². The molecule has 0 aliphatic carbocycles. The van der Waals surface area contributed by atoms with Crippen LogP contribution in [0.15, 0.2) is 42.5 Å². The number of benzene rings is 2. The maximum absolute atomic E-state index is 12.8. The summed E-state index contributed by atoms with van der Waals surface area (Å²) in [6, 6.07) is 13.9. The Hall–Kier alpha value is -2.82. The van der Waals surface area contributed by atoms with E-state index in [-0.39, 0.29) is 11.8 Å². The van der Waals surface area contributed by atoms with Crippen molar-refractivity contribution in [2.24, 2.45) is 0 Å². The summed E-state index contributed by atoms with van der Waals surface area (Å²) in [5.41, 5.74) is 3.92. The van der Waals surface area contributed by atoms with E-state index in [1.54, 1.807) is 4.90 Å². The SMILES string of the molecule is O=C1CCN(C(=O)c2cccc(-c3ccc4c(c3)OCC4)c2)CCN1. The normalized spacial score (nSPS) is 16.6. The van der Waals surface area contributed by atoms with Crippen molar-refractivity contribution in [2.45, 2.75) is 12.8 Å². The molecule has 2 heterocycles. The molecular formula is C20H20N2O3. The molecule has 2 aromatic carbocycles. The lowest BCUT2D eigenvalue weighted by Gasteiger charge is -2.20. The number of nitrogens with zero attached hydrogens (tertiary/aromatic N) is 1. The van der Waals surface area contributed by atoms with Gasteiger partial charge in [0.1, 0.15) is 5.75 Å². The molecule has 2 amide bonds. The lowest BCUT2D eigenvalue weighted by Crippen LogP contribution is -2.34. The lowest BCUT2D eigenvalue weighted by atomic mass is 10.0. The Kier molecular flexibility index (Phi) is 4.14. The summed E-state index contributed by atoms with van der Waals surface area (Å²) in [6.07, 6.45) is 1.31. The lowest BCUT2D eigenvalue weighted by molar-refractivity contribution is -0.120. The molecule has 0 unspecified atom stereocenters. The largest absolute Gasteiger partial charge is 0.493 e. The van der Waals surface area contributed by atoms with E-state index in [1.807, 2.05) is 30.3 Å². The maximum Gasteiger partial charge on any atom is 0.253 e. The van der Waals surface area contributed by atoms with Gasteiger partial charge in [-0.25, -0.2) is 0 Å². The molecule has 5 nitrogen and oxygen atoms in total. The average Bonchev–Trinajstić information content (AvgIpc) is 3.01. The Bertz CT molecular complexity index is 831. The molecule has 0 aromatic heterocycles. The molecule has 25 heavy (non-hydrogen) atoms. The molecule has 0 saturated carbocycles. The summed E-state index contributed by atoms with van der Waals surface area (Å²) in [5, 5.41) is 2.80. The third kappa shape index (κ3) is 3.22. The van der Waals surface area contributed by atoms with Gasteiger partial charge >= 0.3 is 0 Å². The second-order valence-electron chi connectivity index (χ2n) is 6.39. The summed E-state index contributed by atoms with van der Waals surface area (Å²) in [7, 11) is 0. The Morgan fingerprint density at radius 3 is 2.84 bits per heavy atom. The smallest absolute Gasteiger partial charge is 0.253 e. The molecule has 1 N–H and O–H groups in total. The fourth-order valence-electron chi connectivity index (χ4n) is 3.33. The molecule has 2 aliphatic heterocycles. The maximum atomic E-state index is 12.8. The first-order chi connectivity index (χ1) is 12.2. The third-order valence-electron chi connectivity index (χ3n) is 4.74. The summed E-state index contributed by atoms with van der Waals surface area (Å²) in [4.78, 5) is 26.0. The van der Waals surface area contributed by atoms with E-state index in [1.165, 1.54) is 5.56 Å². The molecule has 1 fully saturated rings. The highest BCUT2D eigenvalue weighted by molar-refractivity contribution is 5.96. The van der Waals surface area contributed by atoms with Crippen LogP contribution in [0.2, 0.25) is 0 Å². The second-order valence-corrected chi connectivity index (χ2v) is 6.39. The fraction of sp³-hybridized carbons (Fsp3) is 0.300. The van der Waals surface area contributed by atoms with Gasteiger partial charge in [0.15, 0.2) is 0 Å². The Balaban J connectivity index is 1.59. The number of fused-ring (bicyclic) bond motifs is 1. The van der Waals surface area contributed by atoms with Gasteiger partial charge in [0.05, 0.1) is 6.61 Å². The van der Waals surface area contributed by atoms with Crippen LogP contribution >= 0.6 is 0 Å². The van der Waals surface area contributed by atoms with Gasteiger partial charge in [-0.1, -0.05) is 24.3 Å². The molecule has 1 saturated heterocycles. The minimum Gasteiger partial charge on any atom is -0.493 e. The molecule has 4 rings (SSSR count). The Morgan fingerprint density at radius 2 is 1.92 bits per heavy atom. The van der Waals surface area contributed by atoms with Crippen LogP contribution in [0.1, 0.15) is 22.3 Å². The van der Waals surface area contributed by atoms with E-state index in [9.17, 15) is 9.59 Å². The van der Waals surface area contributed by atoms with Gasteiger partial charge < -0.3 is 15.0 Å². The van der Waals surface area contributed by atoms with E-state index in [0.29, 0.717) is 31.6 Å². The van der Waals surface area contributed by atoms with Crippen molar-refractivity contribution in [2.75, 3.05) is 26.2 Å². The first-order valence-electron chi connectivity index (χ1n) is 8.63. The summed E-state index contributed by atoms with van der Waals surface area (Å²) >= 11 is 0. The van der Waals surface area contributed by atoms with Crippen LogP contribution in [-0.2, 0) is 11.2 Å². The number of amides is 2. The number of carbonyl (C=O) groups excluding carboxylic acids is 2. The molecule has 0 spiro atoms. The van der Waals surface area contributed by atoms with E-state index in [0.717, 1.165) is 29.9 Å². The van der Waals surface area contributed by atoms with Gasteiger partial charge in [0, 0.05) is 38.0 Å². The first kappa shape index (κ1) is 15.7. The van der Waals surface area contributed by atoms with Crippen molar-refractivity contribution < 1.29 is 14.3 Å². The number of rotatable bonds is 2. The van der Waals surface area contributed by atoms with Crippen molar-refractivity contribution in [3.63, 3.8) is 0 Å². The predicted octanol–water partition coefficient (Wildman–Crippen LogP) is 2.25. The molecule has 0 atom stereocenters. The zero-order chi connectivity index (χ0) is 17.2. The van der Waals surface area contributed by atoms with Crippen LogP contribution in [0.4, 0.5) is 0 Å². The summed E-state index contributed by atoms with van der Waals surface area (Å²) in [5.74, 6) is 0.907. The van der Waals surface area contributed by atoms with E-state index < -0.39 is 0 Å². The van der Waals surface area contributed by atoms with E-state index >= 15 is 0 Å². The highest BCUT2D eigenvalue weighted by Crippen LogP contribution is 2.31.